The number of benzene rings is 1. The standard InChI is InChI=1S/C20H24N2OS/c1-22(2)14-12-19-17(16-8-4-5-9-18(16)24-19)11-10-15-7-6-13-21-20(15)23-3/h4-9,13H,10-12,14H2,1-3H3. The van der Waals surface area contributed by atoms with E-state index < -0.39 is 0 Å². The Morgan fingerprint density at radius 3 is 2.67 bits per heavy atom. The van der Waals surface area contributed by atoms with Gasteiger partial charge in [-0.2, -0.15) is 0 Å². The first-order chi connectivity index (χ1) is 11.7. The van der Waals surface area contributed by atoms with Gasteiger partial charge in [-0.15, -0.1) is 11.3 Å². The van der Waals surface area contributed by atoms with E-state index in [9.17, 15) is 0 Å². The van der Waals surface area contributed by atoms with Crippen molar-refractivity contribution >= 4 is 21.4 Å². The van der Waals surface area contributed by atoms with Crippen LogP contribution in [0.3, 0.4) is 0 Å². The number of fused-ring (bicyclic) bond motifs is 1. The molecule has 0 bridgehead atoms. The fourth-order valence-electron chi connectivity index (χ4n) is 3.01. The van der Waals surface area contributed by atoms with E-state index in [1.54, 1.807) is 13.3 Å². The summed E-state index contributed by atoms with van der Waals surface area (Å²) in [7, 11) is 5.95. The first kappa shape index (κ1) is 16.9. The molecular weight excluding hydrogens is 316 g/mol. The fraction of sp³-hybridized carbons (Fsp3) is 0.350. The van der Waals surface area contributed by atoms with Crippen LogP contribution in [0, 0.1) is 0 Å². The quantitative estimate of drug-likeness (QED) is 0.645. The van der Waals surface area contributed by atoms with Crippen molar-refractivity contribution in [3.8, 4) is 5.88 Å². The van der Waals surface area contributed by atoms with E-state index in [0.717, 1.165) is 31.7 Å². The van der Waals surface area contributed by atoms with Crippen LogP contribution in [0.25, 0.3) is 10.1 Å². The molecule has 1 aromatic carbocycles. The number of ether oxygens (including phenoxy) is 1. The Labute approximate surface area is 147 Å². The van der Waals surface area contributed by atoms with Crippen LogP contribution in [0.4, 0.5) is 0 Å². The van der Waals surface area contributed by atoms with Crippen LogP contribution in [-0.4, -0.2) is 37.6 Å². The van der Waals surface area contributed by atoms with Gasteiger partial charge in [-0.05, 0) is 56.4 Å². The predicted molar refractivity (Wildman–Crippen MR) is 102 cm³/mol. The Balaban J connectivity index is 1.88. The van der Waals surface area contributed by atoms with Crippen molar-refractivity contribution in [1.82, 2.24) is 9.88 Å². The lowest BCUT2D eigenvalue weighted by molar-refractivity contribution is 0.392. The number of aromatic nitrogens is 1. The number of pyridine rings is 1. The summed E-state index contributed by atoms with van der Waals surface area (Å²) in [5.41, 5.74) is 2.66. The molecule has 3 rings (SSSR count). The van der Waals surface area contributed by atoms with Crippen LogP contribution < -0.4 is 4.74 Å². The Morgan fingerprint density at radius 1 is 1.04 bits per heavy atom. The molecule has 0 N–H and O–H groups in total. The average molecular weight is 340 g/mol. The number of methoxy groups -OCH3 is 1. The van der Waals surface area contributed by atoms with Crippen LogP contribution in [0.15, 0.2) is 42.6 Å². The van der Waals surface area contributed by atoms with E-state index in [1.807, 2.05) is 17.4 Å². The molecule has 0 aliphatic carbocycles. The molecule has 0 unspecified atom stereocenters. The van der Waals surface area contributed by atoms with E-state index in [4.69, 9.17) is 4.74 Å². The highest BCUT2D eigenvalue weighted by molar-refractivity contribution is 7.19. The van der Waals surface area contributed by atoms with Crippen molar-refractivity contribution in [2.45, 2.75) is 19.3 Å². The first-order valence-electron chi connectivity index (χ1n) is 8.31. The van der Waals surface area contributed by atoms with Gasteiger partial charge in [-0.25, -0.2) is 4.98 Å². The molecule has 2 aromatic heterocycles. The van der Waals surface area contributed by atoms with Crippen molar-refractivity contribution in [2.24, 2.45) is 0 Å². The SMILES string of the molecule is COc1ncccc1CCc1c(CCN(C)C)sc2ccccc12. The van der Waals surface area contributed by atoms with Gasteiger partial charge in [0, 0.05) is 27.9 Å². The molecule has 4 heteroatoms. The molecule has 0 aliphatic rings. The summed E-state index contributed by atoms with van der Waals surface area (Å²) in [4.78, 5) is 8.07. The predicted octanol–water partition coefficient (Wildman–Crippen LogP) is 4.19. The summed E-state index contributed by atoms with van der Waals surface area (Å²) < 4.78 is 6.79. The topological polar surface area (TPSA) is 25.4 Å². The summed E-state index contributed by atoms with van der Waals surface area (Å²) >= 11 is 1.94. The van der Waals surface area contributed by atoms with E-state index in [0.29, 0.717) is 0 Å². The van der Waals surface area contributed by atoms with Gasteiger partial charge in [0.2, 0.25) is 5.88 Å². The smallest absolute Gasteiger partial charge is 0.216 e. The zero-order valence-electron chi connectivity index (χ0n) is 14.6. The van der Waals surface area contributed by atoms with Crippen LogP contribution in [-0.2, 0) is 19.3 Å². The van der Waals surface area contributed by atoms with E-state index in [-0.39, 0.29) is 0 Å². The molecule has 2 heterocycles. The fourth-order valence-corrected chi connectivity index (χ4v) is 4.25. The Hall–Kier alpha value is -1.91. The van der Waals surface area contributed by atoms with Crippen LogP contribution >= 0.6 is 11.3 Å². The van der Waals surface area contributed by atoms with Gasteiger partial charge in [-0.1, -0.05) is 24.3 Å². The molecule has 3 aromatic rings. The molecule has 3 nitrogen and oxygen atoms in total. The highest BCUT2D eigenvalue weighted by Crippen LogP contribution is 2.33. The molecule has 126 valence electrons. The van der Waals surface area contributed by atoms with E-state index in [1.165, 1.54) is 26.1 Å². The third-order valence-corrected chi connectivity index (χ3v) is 5.53. The number of rotatable bonds is 7. The second kappa shape index (κ2) is 7.77. The molecule has 0 aliphatic heterocycles. The highest BCUT2D eigenvalue weighted by atomic mass is 32.1. The van der Waals surface area contributed by atoms with E-state index >= 15 is 0 Å². The summed E-state index contributed by atoms with van der Waals surface area (Å²) in [5.74, 6) is 0.742. The average Bonchev–Trinajstić information content (AvgIpc) is 2.96. The van der Waals surface area contributed by atoms with Crippen molar-refractivity contribution < 1.29 is 4.74 Å². The normalized spacial score (nSPS) is 11.3. The Morgan fingerprint density at radius 2 is 1.88 bits per heavy atom. The first-order valence-corrected chi connectivity index (χ1v) is 9.12. The number of hydrogen-bond donors (Lipinski definition) is 0. The lowest BCUT2D eigenvalue weighted by Gasteiger charge is -2.11. The van der Waals surface area contributed by atoms with Gasteiger partial charge in [0.1, 0.15) is 0 Å². The lowest BCUT2D eigenvalue weighted by atomic mass is 10.0. The van der Waals surface area contributed by atoms with Crippen molar-refractivity contribution in [2.75, 3.05) is 27.7 Å². The second-order valence-corrected chi connectivity index (χ2v) is 7.36. The van der Waals surface area contributed by atoms with Crippen LogP contribution in [0.1, 0.15) is 16.0 Å². The largest absolute Gasteiger partial charge is 0.481 e. The minimum atomic E-state index is 0.742. The minimum Gasteiger partial charge on any atom is -0.481 e. The second-order valence-electron chi connectivity index (χ2n) is 6.23. The van der Waals surface area contributed by atoms with Gasteiger partial charge in [0.05, 0.1) is 7.11 Å². The van der Waals surface area contributed by atoms with Gasteiger partial charge < -0.3 is 9.64 Å². The number of nitrogens with zero attached hydrogens (tertiary/aromatic N) is 2. The zero-order chi connectivity index (χ0) is 16.9. The number of likely N-dealkylation sites (N-methyl/N-ethyl adjacent to an activating group) is 1. The molecule has 0 fully saturated rings. The molecular formula is C20H24N2OS. The van der Waals surface area contributed by atoms with Gasteiger partial charge in [-0.3, -0.25) is 0 Å². The summed E-state index contributed by atoms with van der Waals surface area (Å²) in [6.07, 6.45) is 4.86. The van der Waals surface area contributed by atoms with Crippen molar-refractivity contribution in [3.63, 3.8) is 0 Å². The zero-order valence-corrected chi connectivity index (χ0v) is 15.4. The molecule has 0 radical (unpaired) electrons. The van der Waals surface area contributed by atoms with Crippen molar-refractivity contribution in [1.29, 1.82) is 0 Å². The van der Waals surface area contributed by atoms with Crippen molar-refractivity contribution in [3.05, 3.63) is 58.6 Å². The molecule has 0 amide bonds. The Kier molecular flexibility index (Phi) is 5.48. The number of hydrogen-bond acceptors (Lipinski definition) is 4. The maximum atomic E-state index is 5.40. The van der Waals surface area contributed by atoms with Gasteiger partial charge in [0.15, 0.2) is 0 Å². The highest BCUT2D eigenvalue weighted by Gasteiger charge is 2.13. The van der Waals surface area contributed by atoms with Crippen LogP contribution in [0.2, 0.25) is 0 Å². The summed E-state index contributed by atoms with van der Waals surface area (Å²) in [6.45, 7) is 1.08. The minimum absolute atomic E-state index is 0.742. The molecule has 0 spiro atoms. The maximum Gasteiger partial charge on any atom is 0.216 e. The van der Waals surface area contributed by atoms with Gasteiger partial charge in [0.25, 0.3) is 0 Å². The molecule has 24 heavy (non-hydrogen) atoms. The molecule has 0 atom stereocenters. The maximum absolute atomic E-state index is 5.40. The third kappa shape index (κ3) is 3.77. The molecule has 0 saturated carbocycles. The Bertz CT molecular complexity index is 810. The van der Waals surface area contributed by atoms with Crippen LogP contribution in [0.5, 0.6) is 5.88 Å². The summed E-state index contributed by atoms with van der Waals surface area (Å²) in [5, 5.41) is 1.40. The van der Waals surface area contributed by atoms with Gasteiger partial charge >= 0.3 is 0 Å². The number of aryl methyl sites for hydroxylation is 2. The lowest BCUT2D eigenvalue weighted by Crippen LogP contribution is -2.15. The third-order valence-electron chi connectivity index (χ3n) is 4.26. The number of thiophene rings is 1. The molecule has 0 saturated heterocycles. The van der Waals surface area contributed by atoms with E-state index in [2.05, 4.69) is 54.3 Å². The summed E-state index contributed by atoms with van der Waals surface area (Å²) in [6, 6.07) is 12.8. The monoisotopic (exact) mass is 340 g/mol.